The van der Waals surface area contributed by atoms with E-state index in [-0.39, 0.29) is 5.91 Å². The first-order valence-electron chi connectivity index (χ1n) is 9.03. The van der Waals surface area contributed by atoms with Crippen LogP contribution in [0.5, 0.6) is 0 Å². The number of benzene rings is 1. The van der Waals surface area contributed by atoms with Crippen LogP contribution in [0.15, 0.2) is 24.4 Å². The number of hydrogen-bond donors (Lipinski definition) is 0. The Morgan fingerprint density at radius 3 is 2.60 bits per heavy atom. The molecule has 1 aliphatic carbocycles. The van der Waals surface area contributed by atoms with Crippen LogP contribution >= 0.6 is 23.2 Å². The SMILES string of the molecule is Cc1cn(-c2ccc(Cl)cc2Cl)c2c1C(=O)N(C1CCCCC1)CC2. The van der Waals surface area contributed by atoms with Gasteiger partial charge in [-0.05, 0) is 43.5 Å². The number of aryl methyl sites for hydroxylation is 1. The molecule has 1 amide bonds. The molecule has 0 unspecified atom stereocenters. The molecule has 1 saturated carbocycles. The summed E-state index contributed by atoms with van der Waals surface area (Å²) < 4.78 is 2.07. The number of halogens is 2. The van der Waals surface area contributed by atoms with Crippen molar-refractivity contribution in [2.45, 2.75) is 51.5 Å². The van der Waals surface area contributed by atoms with Crippen LogP contribution < -0.4 is 0 Å². The zero-order chi connectivity index (χ0) is 17.6. The van der Waals surface area contributed by atoms with E-state index < -0.39 is 0 Å². The van der Waals surface area contributed by atoms with Crippen molar-refractivity contribution in [1.29, 1.82) is 0 Å². The predicted octanol–water partition coefficient (Wildman–Crippen LogP) is 5.42. The maximum absolute atomic E-state index is 13.2. The summed E-state index contributed by atoms with van der Waals surface area (Å²) in [5, 5.41) is 1.22. The summed E-state index contributed by atoms with van der Waals surface area (Å²) in [7, 11) is 0. The van der Waals surface area contributed by atoms with Gasteiger partial charge in [-0.15, -0.1) is 0 Å². The predicted molar refractivity (Wildman–Crippen MR) is 102 cm³/mol. The molecule has 1 aromatic carbocycles. The molecule has 1 aliphatic heterocycles. The molecular weight excluding hydrogens is 355 g/mol. The summed E-state index contributed by atoms with van der Waals surface area (Å²) in [6, 6.07) is 5.92. The quantitative estimate of drug-likeness (QED) is 0.686. The van der Waals surface area contributed by atoms with Crippen LogP contribution in [0.3, 0.4) is 0 Å². The minimum absolute atomic E-state index is 0.189. The lowest BCUT2D eigenvalue weighted by atomic mass is 9.92. The van der Waals surface area contributed by atoms with Crippen LogP contribution in [0.4, 0.5) is 0 Å². The number of amides is 1. The minimum Gasteiger partial charge on any atom is -0.335 e. The van der Waals surface area contributed by atoms with Gasteiger partial charge in [0.2, 0.25) is 0 Å². The minimum atomic E-state index is 0.189. The fraction of sp³-hybridized carbons (Fsp3) is 0.450. The Bertz CT molecular complexity index is 821. The van der Waals surface area contributed by atoms with Gasteiger partial charge in [0.05, 0.1) is 16.3 Å². The summed E-state index contributed by atoms with van der Waals surface area (Å²) in [5.41, 5.74) is 3.84. The average molecular weight is 377 g/mol. The van der Waals surface area contributed by atoms with Gasteiger partial charge in [0, 0.05) is 35.9 Å². The van der Waals surface area contributed by atoms with Crippen LogP contribution in [-0.4, -0.2) is 28.0 Å². The van der Waals surface area contributed by atoms with Crippen molar-refractivity contribution in [3.8, 4) is 5.69 Å². The summed E-state index contributed by atoms with van der Waals surface area (Å²) in [5.74, 6) is 0.189. The van der Waals surface area contributed by atoms with Crippen molar-refractivity contribution in [3.63, 3.8) is 0 Å². The fourth-order valence-electron chi connectivity index (χ4n) is 4.33. The molecule has 0 saturated heterocycles. The van der Waals surface area contributed by atoms with Gasteiger partial charge in [-0.1, -0.05) is 42.5 Å². The largest absolute Gasteiger partial charge is 0.335 e. The molecule has 0 bridgehead atoms. The molecule has 0 N–H and O–H groups in total. The molecule has 0 atom stereocenters. The molecule has 25 heavy (non-hydrogen) atoms. The van der Waals surface area contributed by atoms with Gasteiger partial charge >= 0.3 is 0 Å². The molecule has 2 aliphatic rings. The maximum Gasteiger partial charge on any atom is 0.256 e. The smallest absolute Gasteiger partial charge is 0.256 e. The van der Waals surface area contributed by atoms with E-state index in [1.807, 2.05) is 25.3 Å². The normalized spacial score (nSPS) is 18.5. The monoisotopic (exact) mass is 376 g/mol. The number of aromatic nitrogens is 1. The Kier molecular flexibility index (Phi) is 4.55. The maximum atomic E-state index is 13.2. The van der Waals surface area contributed by atoms with Crippen LogP contribution in [0.2, 0.25) is 10.0 Å². The average Bonchev–Trinajstić information content (AvgIpc) is 2.93. The fourth-order valence-corrected chi connectivity index (χ4v) is 4.83. The highest BCUT2D eigenvalue weighted by Crippen LogP contribution is 2.33. The van der Waals surface area contributed by atoms with Crippen molar-refractivity contribution < 1.29 is 4.79 Å². The van der Waals surface area contributed by atoms with E-state index >= 15 is 0 Å². The summed E-state index contributed by atoms with van der Waals surface area (Å²) in [6.45, 7) is 2.81. The molecule has 3 nitrogen and oxygen atoms in total. The Labute approximate surface area is 158 Å². The number of carbonyl (C=O) groups excluding carboxylic acids is 1. The highest BCUT2D eigenvalue weighted by atomic mass is 35.5. The zero-order valence-corrected chi connectivity index (χ0v) is 15.9. The summed E-state index contributed by atoms with van der Waals surface area (Å²) in [4.78, 5) is 15.3. The van der Waals surface area contributed by atoms with Gasteiger partial charge in [0.25, 0.3) is 5.91 Å². The molecule has 132 valence electrons. The van der Waals surface area contributed by atoms with Gasteiger partial charge in [-0.3, -0.25) is 4.79 Å². The molecule has 2 heterocycles. The van der Waals surface area contributed by atoms with Gasteiger partial charge in [-0.25, -0.2) is 0 Å². The lowest BCUT2D eigenvalue weighted by Gasteiger charge is -2.37. The van der Waals surface area contributed by atoms with Crippen molar-refractivity contribution >= 4 is 29.1 Å². The Morgan fingerprint density at radius 1 is 1.12 bits per heavy atom. The first-order chi connectivity index (χ1) is 12.1. The number of nitrogens with zero attached hydrogens (tertiary/aromatic N) is 2. The molecule has 5 heteroatoms. The van der Waals surface area contributed by atoms with E-state index in [2.05, 4.69) is 9.47 Å². The van der Waals surface area contributed by atoms with Crippen LogP contribution in [0, 0.1) is 6.92 Å². The van der Waals surface area contributed by atoms with Crippen molar-refractivity contribution in [2.24, 2.45) is 0 Å². The molecular formula is C20H22Cl2N2O. The molecule has 4 rings (SSSR count). The lowest BCUT2D eigenvalue weighted by Crippen LogP contribution is -2.45. The number of fused-ring (bicyclic) bond motifs is 1. The van der Waals surface area contributed by atoms with Crippen molar-refractivity contribution in [2.75, 3.05) is 6.54 Å². The molecule has 1 aromatic heterocycles. The second-order valence-corrected chi connectivity index (χ2v) is 7.98. The van der Waals surface area contributed by atoms with E-state index in [1.165, 1.54) is 19.3 Å². The molecule has 2 aromatic rings. The third-order valence-electron chi connectivity index (χ3n) is 5.55. The van der Waals surface area contributed by atoms with Gasteiger partial charge in [0.15, 0.2) is 0 Å². The first kappa shape index (κ1) is 17.0. The van der Waals surface area contributed by atoms with E-state index in [9.17, 15) is 4.79 Å². The molecule has 0 radical (unpaired) electrons. The summed E-state index contributed by atoms with van der Waals surface area (Å²) in [6.07, 6.45) is 8.96. The van der Waals surface area contributed by atoms with E-state index in [0.717, 1.165) is 48.3 Å². The third-order valence-corrected chi connectivity index (χ3v) is 6.08. The molecule has 1 fully saturated rings. The van der Waals surface area contributed by atoms with Crippen LogP contribution in [0.1, 0.15) is 53.7 Å². The Balaban J connectivity index is 1.72. The van der Waals surface area contributed by atoms with Crippen LogP contribution in [0.25, 0.3) is 5.69 Å². The molecule has 0 spiro atoms. The third kappa shape index (κ3) is 2.98. The van der Waals surface area contributed by atoms with Gasteiger partial charge in [0.1, 0.15) is 0 Å². The highest BCUT2D eigenvalue weighted by molar-refractivity contribution is 6.35. The van der Waals surface area contributed by atoms with E-state index in [4.69, 9.17) is 23.2 Å². The number of carbonyl (C=O) groups is 1. The van der Waals surface area contributed by atoms with Crippen LogP contribution in [-0.2, 0) is 6.42 Å². The lowest BCUT2D eigenvalue weighted by molar-refractivity contribution is 0.0613. The van der Waals surface area contributed by atoms with Gasteiger partial charge < -0.3 is 9.47 Å². The second kappa shape index (κ2) is 6.69. The second-order valence-electron chi connectivity index (χ2n) is 7.14. The first-order valence-corrected chi connectivity index (χ1v) is 9.79. The van der Waals surface area contributed by atoms with Crippen molar-refractivity contribution in [3.05, 3.63) is 51.3 Å². The Hall–Kier alpha value is -1.45. The summed E-state index contributed by atoms with van der Waals surface area (Å²) >= 11 is 12.4. The van der Waals surface area contributed by atoms with Crippen molar-refractivity contribution in [1.82, 2.24) is 9.47 Å². The number of hydrogen-bond acceptors (Lipinski definition) is 1. The highest BCUT2D eigenvalue weighted by Gasteiger charge is 2.34. The van der Waals surface area contributed by atoms with Gasteiger partial charge in [-0.2, -0.15) is 0 Å². The number of rotatable bonds is 2. The van der Waals surface area contributed by atoms with E-state index in [1.54, 1.807) is 6.07 Å². The van der Waals surface area contributed by atoms with E-state index in [0.29, 0.717) is 16.1 Å². The zero-order valence-electron chi connectivity index (χ0n) is 14.4. The standard InChI is InChI=1S/C20H22Cl2N2O/c1-13-12-24(17-8-7-14(21)11-16(17)22)18-9-10-23(20(25)19(13)18)15-5-3-2-4-6-15/h7-8,11-12,15H,2-6,9-10H2,1H3. The Morgan fingerprint density at radius 2 is 1.88 bits per heavy atom. The topological polar surface area (TPSA) is 25.2 Å².